The standard InChI is InChI=1S/C15H19N3O3/c19-14(20)11-4-5-12-13(10-11)21-15(17-12)16-6-3-9-18-7-1-2-8-18/h4-5,10H,1-3,6-9H2,(H,16,17)(H,19,20). The summed E-state index contributed by atoms with van der Waals surface area (Å²) in [6, 6.07) is 5.15. The van der Waals surface area contributed by atoms with E-state index in [4.69, 9.17) is 9.52 Å². The highest BCUT2D eigenvalue weighted by molar-refractivity contribution is 5.92. The highest BCUT2D eigenvalue weighted by Crippen LogP contribution is 2.20. The van der Waals surface area contributed by atoms with Gasteiger partial charge in [-0.1, -0.05) is 0 Å². The molecule has 6 nitrogen and oxygen atoms in total. The number of hydrogen-bond acceptors (Lipinski definition) is 5. The van der Waals surface area contributed by atoms with E-state index in [1.165, 1.54) is 38.1 Å². The number of benzene rings is 1. The molecule has 6 heteroatoms. The highest BCUT2D eigenvalue weighted by atomic mass is 16.4. The van der Waals surface area contributed by atoms with Crippen molar-refractivity contribution in [3.05, 3.63) is 23.8 Å². The quantitative estimate of drug-likeness (QED) is 0.795. The second kappa shape index (κ2) is 6.13. The summed E-state index contributed by atoms with van der Waals surface area (Å²) < 4.78 is 5.53. The zero-order valence-corrected chi connectivity index (χ0v) is 11.8. The van der Waals surface area contributed by atoms with Crippen LogP contribution in [0.2, 0.25) is 0 Å². The minimum absolute atomic E-state index is 0.208. The lowest BCUT2D eigenvalue weighted by molar-refractivity contribution is 0.0697. The average molecular weight is 289 g/mol. The van der Waals surface area contributed by atoms with Crippen LogP contribution in [0.5, 0.6) is 0 Å². The molecule has 1 aliphatic rings. The van der Waals surface area contributed by atoms with Crippen LogP contribution in [0.25, 0.3) is 11.1 Å². The van der Waals surface area contributed by atoms with E-state index >= 15 is 0 Å². The summed E-state index contributed by atoms with van der Waals surface area (Å²) in [5.41, 5.74) is 1.37. The van der Waals surface area contributed by atoms with Crippen LogP contribution < -0.4 is 5.32 Å². The van der Waals surface area contributed by atoms with E-state index in [-0.39, 0.29) is 5.56 Å². The maximum Gasteiger partial charge on any atom is 0.335 e. The monoisotopic (exact) mass is 289 g/mol. The lowest BCUT2D eigenvalue weighted by Crippen LogP contribution is -2.22. The Bertz CT molecular complexity index is 632. The normalized spacial score (nSPS) is 15.6. The second-order valence-corrected chi connectivity index (χ2v) is 5.34. The van der Waals surface area contributed by atoms with Crippen LogP contribution >= 0.6 is 0 Å². The summed E-state index contributed by atoms with van der Waals surface area (Å²) in [6.45, 7) is 4.31. The number of anilines is 1. The fourth-order valence-electron chi connectivity index (χ4n) is 2.64. The van der Waals surface area contributed by atoms with Crippen LogP contribution in [0.4, 0.5) is 6.01 Å². The summed E-state index contributed by atoms with van der Waals surface area (Å²) in [4.78, 5) is 17.7. The Morgan fingerprint density at radius 2 is 2.19 bits per heavy atom. The number of hydrogen-bond donors (Lipinski definition) is 2. The second-order valence-electron chi connectivity index (χ2n) is 5.34. The first kappa shape index (κ1) is 13.9. The number of carboxylic acids is 1. The third-order valence-corrected chi connectivity index (χ3v) is 3.76. The molecule has 0 unspecified atom stereocenters. The molecule has 1 saturated heterocycles. The molecule has 1 aliphatic heterocycles. The van der Waals surface area contributed by atoms with Gasteiger partial charge in [-0.2, -0.15) is 4.98 Å². The number of carboxylic acid groups (broad SMARTS) is 1. The Morgan fingerprint density at radius 3 is 2.95 bits per heavy atom. The van der Waals surface area contributed by atoms with Gasteiger partial charge in [-0.25, -0.2) is 4.79 Å². The van der Waals surface area contributed by atoms with Crippen molar-refractivity contribution in [2.24, 2.45) is 0 Å². The molecule has 0 spiro atoms. The van der Waals surface area contributed by atoms with Gasteiger partial charge in [-0.15, -0.1) is 0 Å². The predicted molar refractivity (Wildman–Crippen MR) is 79.7 cm³/mol. The molecule has 2 heterocycles. The van der Waals surface area contributed by atoms with Gasteiger partial charge >= 0.3 is 5.97 Å². The fraction of sp³-hybridized carbons (Fsp3) is 0.467. The van der Waals surface area contributed by atoms with Gasteiger partial charge in [0.25, 0.3) is 6.01 Å². The summed E-state index contributed by atoms with van der Waals surface area (Å²) in [5.74, 6) is -0.964. The number of aromatic nitrogens is 1. The third kappa shape index (κ3) is 3.33. The fourth-order valence-corrected chi connectivity index (χ4v) is 2.64. The Hall–Kier alpha value is -2.08. The molecule has 0 radical (unpaired) electrons. The molecule has 0 aliphatic carbocycles. The first-order chi connectivity index (χ1) is 10.2. The first-order valence-electron chi connectivity index (χ1n) is 7.32. The lowest BCUT2D eigenvalue weighted by atomic mass is 10.2. The van der Waals surface area contributed by atoms with E-state index < -0.39 is 5.97 Å². The van der Waals surface area contributed by atoms with Gasteiger partial charge in [0, 0.05) is 6.54 Å². The largest absolute Gasteiger partial charge is 0.478 e. The number of nitrogens with one attached hydrogen (secondary N) is 1. The lowest BCUT2D eigenvalue weighted by Gasteiger charge is -2.13. The number of nitrogens with zero attached hydrogens (tertiary/aromatic N) is 2. The van der Waals surface area contributed by atoms with Crippen LogP contribution in [0, 0.1) is 0 Å². The van der Waals surface area contributed by atoms with E-state index in [0.29, 0.717) is 17.1 Å². The van der Waals surface area contributed by atoms with Crippen molar-refractivity contribution < 1.29 is 14.3 Å². The molecule has 0 bridgehead atoms. The van der Waals surface area contributed by atoms with Crippen molar-refractivity contribution in [1.29, 1.82) is 0 Å². The van der Waals surface area contributed by atoms with Crippen molar-refractivity contribution in [1.82, 2.24) is 9.88 Å². The maximum atomic E-state index is 10.9. The van der Waals surface area contributed by atoms with E-state index in [1.807, 2.05) is 0 Å². The van der Waals surface area contributed by atoms with Crippen LogP contribution in [-0.4, -0.2) is 47.1 Å². The summed E-state index contributed by atoms with van der Waals surface area (Å²) in [7, 11) is 0. The molecule has 21 heavy (non-hydrogen) atoms. The Morgan fingerprint density at radius 1 is 1.38 bits per heavy atom. The minimum atomic E-state index is -0.964. The zero-order valence-electron chi connectivity index (χ0n) is 11.8. The van der Waals surface area contributed by atoms with E-state index in [1.54, 1.807) is 6.07 Å². The highest BCUT2D eigenvalue weighted by Gasteiger charge is 2.11. The summed E-state index contributed by atoms with van der Waals surface area (Å²) in [5, 5.41) is 12.1. The van der Waals surface area contributed by atoms with Gasteiger partial charge in [0.2, 0.25) is 0 Å². The molecule has 0 amide bonds. The first-order valence-corrected chi connectivity index (χ1v) is 7.32. The number of fused-ring (bicyclic) bond motifs is 1. The van der Waals surface area contributed by atoms with Crippen molar-refractivity contribution in [2.75, 3.05) is 31.5 Å². The maximum absolute atomic E-state index is 10.9. The number of rotatable bonds is 6. The summed E-state index contributed by atoms with van der Waals surface area (Å²) >= 11 is 0. The number of oxazole rings is 1. The molecule has 2 N–H and O–H groups in total. The Kier molecular flexibility index (Phi) is 4.06. The van der Waals surface area contributed by atoms with Gasteiger partial charge in [0.05, 0.1) is 5.56 Å². The number of aromatic carboxylic acids is 1. The molecule has 1 aromatic carbocycles. The van der Waals surface area contributed by atoms with Crippen molar-refractivity contribution in [3.8, 4) is 0 Å². The van der Waals surface area contributed by atoms with Gasteiger partial charge < -0.3 is 19.7 Å². The van der Waals surface area contributed by atoms with Crippen molar-refractivity contribution >= 4 is 23.1 Å². The molecular formula is C15H19N3O3. The molecule has 112 valence electrons. The van der Waals surface area contributed by atoms with Crippen molar-refractivity contribution in [3.63, 3.8) is 0 Å². The van der Waals surface area contributed by atoms with Crippen LogP contribution in [0.15, 0.2) is 22.6 Å². The Labute approximate surface area is 122 Å². The zero-order chi connectivity index (χ0) is 14.7. The topological polar surface area (TPSA) is 78.6 Å². The van der Waals surface area contributed by atoms with E-state index in [9.17, 15) is 4.79 Å². The molecule has 2 aromatic rings. The van der Waals surface area contributed by atoms with Gasteiger partial charge in [0.1, 0.15) is 5.52 Å². The third-order valence-electron chi connectivity index (χ3n) is 3.76. The smallest absolute Gasteiger partial charge is 0.335 e. The van der Waals surface area contributed by atoms with Gasteiger partial charge in [-0.3, -0.25) is 0 Å². The van der Waals surface area contributed by atoms with Crippen molar-refractivity contribution in [2.45, 2.75) is 19.3 Å². The number of carbonyl (C=O) groups is 1. The van der Waals surface area contributed by atoms with Gasteiger partial charge in [-0.05, 0) is 57.1 Å². The van der Waals surface area contributed by atoms with E-state index in [2.05, 4.69) is 15.2 Å². The van der Waals surface area contributed by atoms with E-state index in [0.717, 1.165) is 19.5 Å². The average Bonchev–Trinajstić information content (AvgIpc) is 3.11. The molecule has 0 saturated carbocycles. The van der Waals surface area contributed by atoms with Crippen LogP contribution in [-0.2, 0) is 0 Å². The molecule has 1 aromatic heterocycles. The van der Waals surface area contributed by atoms with Crippen LogP contribution in [0.1, 0.15) is 29.6 Å². The van der Waals surface area contributed by atoms with Gasteiger partial charge in [0.15, 0.2) is 5.58 Å². The minimum Gasteiger partial charge on any atom is -0.478 e. The molecule has 3 rings (SSSR count). The molecule has 1 fully saturated rings. The molecule has 0 atom stereocenters. The molecular weight excluding hydrogens is 270 g/mol. The summed E-state index contributed by atoms with van der Waals surface area (Å²) in [6.07, 6.45) is 3.66. The van der Waals surface area contributed by atoms with Crippen LogP contribution in [0.3, 0.4) is 0 Å². The predicted octanol–water partition coefficient (Wildman–Crippen LogP) is 2.42. The number of likely N-dealkylation sites (tertiary alicyclic amines) is 1. The SMILES string of the molecule is O=C(O)c1ccc2nc(NCCCN3CCCC3)oc2c1. The Balaban J connectivity index is 1.55.